The van der Waals surface area contributed by atoms with Gasteiger partial charge in [0.15, 0.2) is 5.97 Å². The van der Waals surface area contributed by atoms with E-state index in [1.807, 2.05) is 0 Å². The number of hydrogen-bond donors (Lipinski definition) is 0. The fourth-order valence-electron chi connectivity index (χ4n) is 0.474. The van der Waals surface area contributed by atoms with Crippen molar-refractivity contribution < 1.29 is 45.8 Å². The number of ether oxygens (including phenoxy) is 1. The van der Waals surface area contributed by atoms with Crippen molar-refractivity contribution in [3.63, 3.8) is 0 Å². The van der Waals surface area contributed by atoms with Gasteiger partial charge in [-0.3, -0.25) is 0 Å². The Labute approximate surface area is 77.4 Å². The largest absolute Gasteiger partial charge is 0.539 e. The van der Waals surface area contributed by atoms with Crippen LogP contribution in [-0.4, -0.2) is 30.4 Å². The highest BCUT2D eigenvalue weighted by Gasteiger charge is 2.59. The van der Waals surface area contributed by atoms with Crippen molar-refractivity contribution in [3.05, 3.63) is 0 Å². The van der Waals surface area contributed by atoms with Crippen molar-refractivity contribution in [2.75, 3.05) is 0 Å². The van der Waals surface area contributed by atoms with Crippen molar-refractivity contribution in [2.24, 2.45) is 0 Å². The zero-order valence-electron chi connectivity index (χ0n) is 6.48. The van der Waals surface area contributed by atoms with E-state index in [9.17, 15) is 41.0 Å². The lowest BCUT2D eigenvalue weighted by Crippen LogP contribution is -2.48. The minimum absolute atomic E-state index is 2.69. The summed E-state index contributed by atoms with van der Waals surface area (Å²) in [5, 5.41) is 9.57. The molecule has 0 aliphatic carbocycles. The number of aliphatic carboxylic acids is 1. The number of rotatable bonds is 1. The van der Waals surface area contributed by atoms with Gasteiger partial charge in [-0.15, -0.1) is 0 Å². The molecule has 15 heavy (non-hydrogen) atoms. The highest BCUT2D eigenvalue weighted by atomic mass is 19.4. The molecule has 10 heteroatoms. The Balaban J connectivity index is 4.85. The quantitative estimate of drug-likeness (QED) is 0.360. The molecule has 0 unspecified atom stereocenters. The standard InChI is InChI=1S/C5H2F6O4/c6-4(7,8)3(5(9,10)11)15-2(14)1(12)13/h3H,(H,12,13)/p-1. The summed E-state index contributed by atoms with van der Waals surface area (Å²) in [4.78, 5) is 19.5. The lowest BCUT2D eigenvalue weighted by atomic mass is 10.3. The first-order valence-electron chi connectivity index (χ1n) is 3.01. The summed E-state index contributed by atoms with van der Waals surface area (Å²) in [6.45, 7) is 0. The second-order valence-electron chi connectivity index (χ2n) is 2.16. The number of carbonyl (C=O) groups is 2. The van der Waals surface area contributed by atoms with Gasteiger partial charge in [-0.2, -0.15) is 26.3 Å². The molecule has 0 radical (unpaired) electrons. The first kappa shape index (κ1) is 13.5. The molecule has 0 rings (SSSR count). The average Bonchev–Trinajstić information content (AvgIpc) is 1.94. The van der Waals surface area contributed by atoms with Crippen molar-refractivity contribution in [3.8, 4) is 0 Å². The van der Waals surface area contributed by atoms with Crippen LogP contribution in [0.15, 0.2) is 0 Å². The van der Waals surface area contributed by atoms with Gasteiger partial charge in [0.2, 0.25) is 0 Å². The molecular formula is C5HF6O4-. The summed E-state index contributed by atoms with van der Waals surface area (Å²) < 4.78 is 72.5. The second-order valence-corrected chi connectivity index (χ2v) is 2.16. The Morgan fingerprint density at radius 3 is 1.53 bits per heavy atom. The summed E-state index contributed by atoms with van der Waals surface area (Å²) in [6.07, 6.45) is -16.4. The van der Waals surface area contributed by atoms with Gasteiger partial charge in [0, 0.05) is 0 Å². The first-order chi connectivity index (χ1) is 6.46. The molecule has 0 aromatic heterocycles. The van der Waals surface area contributed by atoms with Crippen molar-refractivity contribution in [1.82, 2.24) is 0 Å². The van der Waals surface area contributed by atoms with Gasteiger partial charge in [0.1, 0.15) is 0 Å². The molecule has 0 N–H and O–H groups in total. The fourth-order valence-corrected chi connectivity index (χ4v) is 0.474. The Hall–Kier alpha value is -1.48. The molecule has 0 heterocycles. The number of alkyl halides is 6. The molecule has 4 nitrogen and oxygen atoms in total. The van der Waals surface area contributed by atoms with Crippen molar-refractivity contribution in [1.29, 1.82) is 0 Å². The van der Waals surface area contributed by atoms with Crippen LogP contribution in [0.25, 0.3) is 0 Å². The minimum Gasteiger partial charge on any atom is -0.539 e. The molecule has 0 fully saturated rings. The van der Waals surface area contributed by atoms with Crippen LogP contribution in [0.5, 0.6) is 0 Å². The maximum absolute atomic E-state index is 11.6. The Morgan fingerprint density at radius 2 is 1.33 bits per heavy atom. The number of hydrogen-bond acceptors (Lipinski definition) is 4. The molecule has 0 amide bonds. The molecule has 0 aliphatic heterocycles. The van der Waals surface area contributed by atoms with Gasteiger partial charge in [-0.1, -0.05) is 0 Å². The van der Waals surface area contributed by atoms with E-state index in [1.165, 1.54) is 0 Å². The maximum Gasteiger partial charge on any atom is 0.434 e. The van der Waals surface area contributed by atoms with Crippen LogP contribution in [0.3, 0.4) is 0 Å². The maximum atomic E-state index is 11.6. The topological polar surface area (TPSA) is 66.4 Å². The van der Waals surface area contributed by atoms with Gasteiger partial charge >= 0.3 is 18.3 Å². The monoisotopic (exact) mass is 239 g/mol. The number of esters is 1. The van der Waals surface area contributed by atoms with Crippen LogP contribution in [0, 0.1) is 0 Å². The predicted molar refractivity (Wildman–Crippen MR) is 27.0 cm³/mol. The third kappa shape index (κ3) is 4.04. The third-order valence-electron chi connectivity index (χ3n) is 0.986. The number of carboxylic acids is 1. The summed E-state index contributed by atoms with van der Waals surface area (Å²) in [5.74, 6) is -5.54. The molecule has 0 saturated heterocycles. The number of halogens is 6. The summed E-state index contributed by atoms with van der Waals surface area (Å²) >= 11 is 0. The molecule has 0 saturated carbocycles. The number of carbonyl (C=O) groups excluding carboxylic acids is 2. The Kier molecular flexibility index (Phi) is 3.56. The molecule has 0 aliphatic rings. The fraction of sp³-hybridized carbons (Fsp3) is 0.600. The Bertz CT molecular complexity index is 252. The predicted octanol–water partition coefficient (Wildman–Crippen LogP) is -0.227. The van der Waals surface area contributed by atoms with Gasteiger partial charge in [0.05, 0.1) is 0 Å². The molecule has 0 aromatic carbocycles. The van der Waals surface area contributed by atoms with Gasteiger partial charge in [-0.05, 0) is 0 Å². The van der Waals surface area contributed by atoms with Gasteiger partial charge < -0.3 is 14.6 Å². The smallest absolute Gasteiger partial charge is 0.434 e. The van der Waals surface area contributed by atoms with E-state index in [0.29, 0.717) is 0 Å². The second kappa shape index (κ2) is 3.95. The van der Waals surface area contributed by atoms with E-state index < -0.39 is 30.4 Å². The highest BCUT2D eigenvalue weighted by molar-refractivity contribution is 6.27. The van der Waals surface area contributed by atoms with Crippen molar-refractivity contribution in [2.45, 2.75) is 18.5 Å². The van der Waals surface area contributed by atoms with E-state index in [4.69, 9.17) is 0 Å². The van der Waals surface area contributed by atoms with Crippen LogP contribution < -0.4 is 5.11 Å². The highest BCUT2D eigenvalue weighted by Crippen LogP contribution is 2.35. The molecule has 0 spiro atoms. The zero-order chi connectivity index (χ0) is 12.4. The van der Waals surface area contributed by atoms with Crippen LogP contribution in [-0.2, 0) is 14.3 Å². The molecule has 88 valence electrons. The molecule has 0 bridgehead atoms. The summed E-state index contributed by atoms with van der Waals surface area (Å²) in [5.41, 5.74) is 0. The van der Waals surface area contributed by atoms with Crippen molar-refractivity contribution >= 4 is 11.9 Å². The van der Waals surface area contributed by atoms with E-state index >= 15 is 0 Å². The van der Waals surface area contributed by atoms with Gasteiger partial charge in [0.25, 0.3) is 6.10 Å². The van der Waals surface area contributed by atoms with E-state index in [1.54, 1.807) is 0 Å². The zero-order valence-corrected chi connectivity index (χ0v) is 6.48. The minimum atomic E-state index is -5.94. The lowest BCUT2D eigenvalue weighted by molar-refractivity contribution is -0.325. The SMILES string of the molecule is O=C([O-])C(=O)OC(C(F)(F)F)C(F)(F)F. The van der Waals surface area contributed by atoms with E-state index in [-0.39, 0.29) is 0 Å². The molecule has 0 atom stereocenters. The lowest BCUT2D eigenvalue weighted by Gasteiger charge is -2.22. The Morgan fingerprint density at radius 1 is 1.00 bits per heavy atom. The van der Waals surface area contributed by atoms with Crippen LogP contribution >= 0.6 is 0 Å². The van der Waals surface area contributed by atoms with E-state index in [0.717, 1.165) is 0 Å². The summed E-state index contributed by atoms with van der Waals surface area (Å²) in [7, 11) is 0. The number of carboxylic acid groups (broad SMARTS) is 1. The molecule has 0 aromatic rings. The van der Waals surface area contributed by atoms with E-state index in [2.05, 4.69) is 4.74 Å². The first-order valence-corrected chi connectivity index (χ1v) is 3.01. The normalized spacial score (nSPS) is 12.7. The van der Waals surface area contributed by atoms with Crippen LogP contribution in [0.1, 0.15) is 0 Å². The third-order valence-corrected chi connectivity index (χ3v) is 0.986. The average molecular weight is 239 g/mol. The van der Waals surface area contributed by atoms with Gasteiger partial charge in [-0.25, -0.2) is 4.79 Å². The molecular weight excluding hydrogens is 238 g/mol. The van der Waals surface area contributed by atoms with Crippen LogP contribution in [0.2, 0.25) is 0 Å². The van der Waals surface area contributed by atoms with Crippen LogP contribution in [0.4, 0.5) is 26.3 Å². The summed E-state index contributed by atoms with van der Waals surface area (Å²) in [6, 6.07) is 0.